The van der Waals surface area contributed by atoms with Gasteiger partial charge in [-0.15, -0.1) is 0 Å². The maximum Gasteiger partial charge on any atom is 0.341 e. The fraction of sp³-hybridized carbons (Fsp3) is 0.286. The highest BCUT2D eigenvalue weighted by Crippen LogP contribution is 2.13. The van der Waals surface area contributed by atoms with Gasteiger partial charge in [0, 0.05) is 14.0 Å². The number of anilines is 1. The zero-order chi connectivity index (χ0) is 10.0. The lowest BCUT2D eigenvalue weighted by molar-refractivity contribution is -0.114. The third kappa shape index (κ3) is 1.84. The van der Waals surface area contributed by atoms with Gasteiger partial charge < -0.3 is 10.4 Å². The van der Waals surface area contributed by atoms with E-state index in [0.717, 1.165) is 0 Å². The number of hydrogen-bond acceptors (Lipinski definition) is 3. The van der Waals surface area contributed by atoms with Crippen LogP contribution in [0, 0.1) is 0 Å². The first-order chi connectivity index (χ1) is 6.02. The van der Waals surface area contributed by atoms with Gasteiger partial charge >= 0.3 is 5.97 Å². The lowest BCUT2D eigenvalue weighted by Gasteiger charge is -2.02. The Morgan fingerprint density at radius 1 is 1.62 bits per heavy atom. The van der Waals surface area contributed by atoms with Crippen LogP contribution >= 0.6 is 0 Å². The van der Waals surface area contributed by atoms with Gasteiger partial charge in [0.1, 0.15) is 11.4 Å². The first-order valence-corrected chi connectivity index (χ1v) is 3.55. The lowest BCUT2D eigenvalue weighted by atomic mass is 10.3. The number of carbonyl (C=O) groups excluding carboxylic acids is 1. The van der Waals surface area contributed by atoms with Crippen molar-refractivity contribution >= 4 is 17.7 Å². The average Bonchev–Trinajstić information content (AvgIpc) is 2.32. The van der Waals surface area contributed by atoms with Gasteiger partial charge in [0.25, 0.3) is 0 Å². The number of carbonyl (C=O) groups is 2. The molecule has 0 spiro atoms. The van der Waals surface area contributed by atoms with E-state index < -0.39 is 5.97 Å². The number of hydrogen-bond donors (Lipinski definition) is 2. The minimum absolute atomic E-state index is 0.0160. The zero-order valence-electron chi connectivity index (χ0n) is 7.24. The summed E-state index contributed by atoms with van der Waals surface area (Å²) in [5, 5.41) is 14.8. The SMILES string of the molecule is CC(=O)Nc1c(C(=O)O)cnn1C. The molecule has 0 aliphatic heterocycles. The first kappa shape index (κ1) is 9.24. The fourth-order valence-electron chi connectivity index (χ4n) is 0.909. The average molecular weight is 183 g/mol. The molecule has 0 fully saturated rings. The molecule has 6 nitrogen and oxygen atoms in total. The van der Waals surface area contributed by atoms with E-state index in [9.17, 15) is 9.59 Å². The van der Waals surface area contributed by atoms with Gasteiger partial charge in [0.15, 0.2) is 0 Å². The van der Waals surface area contributed by atoms with Crippen LogP contribution < -0.4 is 5.32 Å². The number of nitrogens with one attached hydrogen (secondary N) is 1. The van der Waals surface area contributed by atoms with Crippen LogP contribution in [0.5, 0.6) is 0 Å². The summed E-state index contributed by atoms with van der Waals surface area (Å²) < 4.78 is 1.30. The number of aromatic nitrogens is 2. The molecule has 0 saturated heterocycles. The van der Waals surface area contributed by atoms with E-state index in [2.05, 4.69) is 10.4 Å². The minimum atomic E-state index is -1.11. The third-order valence-electron chi connectivity index (χ3n) is 1.46. The van der Waals surface area contributed by atoms with E-state index in [4.69, 9.17) is 5.11 Å². The molecule has 13 heavy (non-hydrogen) atoms. The van der Waals surface area contributed by atoms with Gasteiger partial charge in [-0.25, -0.2) is 4.79 Å². The van der Waals surface area contributed by atoms with Gasteiger partial charge in [0.05, 0.1) is 6.20 Å². The van der Waals surface area contributed by atoms with Crippen molar-refractivity contribution in [2.45, 2.75) is 6.92 Å². The molecule has 0 radical (unpaired) electrons. The van der Waals surface area contributed by atoms with Crippen molar-refractivity contribution in [1.82, 2.24) is 9.78 Å². The van der Waals surface area contributed by atoms with Gasteiger partial charge in [-0.2, -0.15) is 5.10 Å². The second-order valence-corrected chi connectivity index (χ2v) is 2.52. The standard InChI is InChI=1S/C7H9N3O3/c1-4(11)9-6-5(7(12)13)3-8-10(6)2/h3H,1-2H3,(H,9,11)(H,12,13). The Bertz CT molecular complexity index is 356. The number of nitrogens with zero attached hydrogens (tertiary/aromatic N) is 2. The molecule has 0 atom stereocenters. The van der Waals surface area contributed by atoms with Crippen molar-refractivity contribution in [3.63, 3.8) is 0 Å². The summed E-state index contributed by atoms with van der Waals surface area (Å²) in [5.41, 5.74) is -0.0160. The molecule has 1 rings (SSSR count). The number of carboxylic acid groups (broad SMARTS) is 1. The molecule has 1 amide bonds. The Hall–Kier alpha value is -1.85. The molecule has 0 bridgehead atoms. The monoisotopic (exact) mass is 183 g/mol. The van der Waals surface area contributed by atoms with Crippen molar-refractivity contribution < 1.29 is 14.7 Å². The summed E-state index contributed by atoms with van der Waals surface area (Å²) in [7, 11) is 1.55. The summed E-state index contributed by atoms with van der Waals surface area (Å²) in [6, 6.07) is 0. The summed E-state index contributed by atoms with van der Waals surface area (Å²) in [4.78, 5) is 21.3. The minimum Gasteiger partial charge on any atom is -0.477 e. The normalized spacial score (nSPS) is 9.69. The van der Waals surface area contributed by atoms with E-state index in [0.29, 0.717) is 0 Å². The van der Waals surface area contributed by atoms with Crippen molar-refractivity contribution in [3.05, 3.63) is 11.8 Å². The number of aryl methyl sites for hydroxylation is 1. The van der Waals surface area contributed by atoms with Gasteiger partial charge in [0.2, 0.25) is 5.91 Å². The molecule has 2 N–H and O–H groups in total. The molecular formula is C7H9N3O3. The Kier molecular flexibility index (Phi) is 2.32. The van der Waals surface area contributed by atoms with E-state index in [1.807, 2.05) is 0 Å². The third-order valence-corrected chi connectivity index (χ3v) is 1.46. The molecule has 70 valence electrons. The van der Waals surface area contributed by atoms with E-state index in [-0.39, 0.29) is 17.3 Å². The number of rotatable bonds is 2. The Balaban J connectivity index is 3.08. The summed E-state index contributed by atoms with van der Waals surface area (Å²) in [6.07, 6.45) is 1.19. The highest BCUT2D eigenvalue weighted by Gasteiger charge is 2.15. The molecule has 0 aliphatic rings. The molecule has 1 heterocycles. The van der Waals surface area contributed by atoms with Gasteiger partial charge in [-0.05, 0) is 0 Å². The van der Waals surface area contributed by atoms with Crippen LogP contribution in [0.3, 0.4) is 0 Å². The second-order valence-electron chi connectivity index (χ2n) is 2.52. The van der Waals surface area contributed by atoms with Crippen LogP contribution in [0.4, 0.5) is 5.82 Å². The van der Waals surface area contributed by atoms with Crippen LogP contribution in [0.1, 0.15) is 17.3 Å². The van der Waals surface area contributed by atoms with E-state index in [1.54, 1.807) is 7.05 Å². The zero-order valence-corrected chi connectivity index (χ0v) is 7.24. The fourth-order valence-corrected chi connectivity index (χ4v) is 0.909. The first-order valence-electron chi connectivity index (χ1n) is 3.55. The van der Waals surface area contributed by atoms with Crippen LogP contribution in [-0.4, -0.2) is 26.8 Å². The Morgan fingerprint density at radius 3 is 2.69 bits per heavy atom. The molecular weight excluding hydrogens is 174 g/mol. The van der Waals surface area contributed by atoms with Gasteiger partial charge in [-0.3, -0.25) is 9.48 Å². The molecule has 1 aromatic rings. The lowest BCUT2D eigenvalue weighted by Crippen LogP contribution is -2.13. The van der Waals surface area contributed by atoms with Crippen molar-refractivity contribution in [1.29, 1.82) is 0 Å². The van der Waals surface area contributed by atoms with Crippen molar-refractivity contribution in [3.8, 4) is 0 Å². The predicted molar refractivity (Wildman–Crippen MR) is 44.5 cm³/mol. The molecule has 0 aromatic carbocycles. The summed E-state index contributed by atoms with van der Waals surface area (Å²) in [5.74, 6) is -1.25. The Labute approximate surface area is 74.2 Å². The van der Waals surface area contributed by atoms with Gasteiger partial charge in [-0.1, -0.05) is 0 Å². The molecule has 0 saturated carbocycles. The van der Waals surface area contributed by atoms with Crippen LogP contribution in [0.15, 0.2) is 6.20 Å². The summed E-state index contributed by atoms with van der Waals surface area (Å²) in [6.45, 7) is 1.30. The largest absolute Gasteiger partial charge is 0.477 e. The Morgan fingerprint density at radius 2 is 2.23 bits per heavy atom. The quantitative estimate of drug-likeness (QED) is 0.679. The summed E-state index contributed by atoms with van der Waals surface area (Å²) >= 11 is 0. The maximum absolute atomic E-state index is 10.7. The van der Waals surface area contributed by atoms with Crippen LogP contribution in [0.25, 0.3) is 0 Å². The number of carboxylic acids is 1. The second kappa shape index (κ2) is 3.26. The smallest absolute Gasteiger partial charge is 0.341 e. The van der Waals surface area contributed by atoms with Crippen molar-refractivity contribution in [2.24, 2.45) is 7.05 Å². The predicted octanol–water partition coefficient (Wildman–Crippen LogP) is 0.0767. The number of aromatic carboxylic acids is 1. The number of amides is 1. The molecule has 0 aliphatic carbocycles. The van der Waals surface area contributed by atoms with E-state index >= 15 is 0 Å². The van der Waals surface area contributed by atoms with E-state index in [1.165, 1.54) is 17.8 Å². The molecule has 1 aromatic heterocycles. The maximum atomic E-state index is 10.7. The highest BCUT2D eigenvalue weighted by molar-refractivity contribution is 5.98. The molecule has 6 heteroatoms. The molecule has 0 unspecified atom stereocenters. The van der Waals surface area contributed by atoms with Crippen LogP contribution in [0.2, 0.25) is 0 Å². The highest BCUT2D eigenvalue weighted by atomic mass is 16.4. The van der Waals surface area contributed by atoms with Crippen molar-refractivity contribution in [2.75, 3.05) is 5.32 Å². The van der Waals surface area contributed by atoms with Crippen LogP contribution in [-0.2, 0) is 11.8 Å². The topological polar surface area (TPSA) is 84.2 Å².